The van der Waals surface area contributed by atoms with Crippen molar-refractivity contribution in [2.45, 2.75) is 72.3 Å². The lowest BCUT2D eigenvalue weighted by Crippen LogP contribution is -2.29. The number of nitrogens with one attached hydrogen (secondary N) is 1. The minimum Gasteiger partial charge on any atom is -0.324 e. The van der Waals surface area contributed by atoms with Crippen LogP contribution in [0.25, 0.3) is 10.2 Å². The molecule has 2 aromatic heterocycles. The van der Waals surface area contributed by atoms with Crippen molar-refractivity contribution in [2.75, 3.05) is 5.32 Å². The molecule has 5 nitrogen and oxygen atoms in total. The molecule has 0 radical (unpaired) electrons. The normalized spacial score (nSPS) is 16.2. The van der Waals surface area contributed by atoms with Crippen molar-refractivity contribution in [1.29, 1.82) is 0 Å². The van der Waals surface area contributed by atoms with Gasteiger partial charge in [-0.05, 0) is 53.7 Å². The number of amides is 1. The molecule has 0 bridgehead atoms. The minimum absolute atomic E-state index is 0.0350. The standard InChI is InChI=1S/C25H31N3O2S/c1-14(2)17-7-6-8-18(15(3)4)23(17)27-21(29)12-28-13-26-24-22(25(28)30)19-10-9-16(5)11-20(19)31-24/h6-8,13-16H,9-12H2,1-5H3,(H,27,29)/t16-/m0/s1. The van der Waals surface area contributed by atoms with E-state index in [9.17, 15) is 9.59 Å². The van der Waals surface area contributed by atoms with Crippen molar-refractivity contribution >= 4 is 33.1 Å². The Hall–Kier alpha value is -2.47. The third kappa shape index (κ3) is 4.18. The highest BCUT2D eigenvalue weighted by Gasteiger charge is 2.24. The number of aryl methyl sites for hydroxylation is 1. The quantitative estimate of drug-likeness (QED) is 0.576. The van der Waals surface area contributed by atoms with Crippen LogP contribution in [0.3, 0.4) is 0 Å². The molecule has 3 aromatic rings. The van der Waals surface area contributed by atoms with Crippen molar-refractivity contribution < 1.29 is 4.79 Å². The fraction of sp³-hybridized carbons (Fsp3) is 0.480. The number of carbonyl (C=O) groups excluding carboxylic acids is 1. The molecule has 1 atom stereocenters. The molecule has 2 heterocycles. The molecule has 1 aliphatic rings. The molecule has 4 rings (SSSR count). The van der Waals surface area contributed by atoms with Crippen LogP contribution in [0.4, 0.5) is 5.69 Å². The van der Waals surface area contributed by atoms with E-state index in [0.717, 1.165) is 46.5 Å². The molecule has 0 fully saturated rings. The predicted octanol–water partition coefficient (Wildman–Crippen LogP) is 5.47. The van der Waals surface area contributed by atoms with E-state index in [0.29, 0.717) is 11.3 Å². The number of carbonyl (C=O) groups is 1. The molecule has 1 aromatic carbocycles. The summed E-state index contributed by atoms with van der Waals surface area (Å²) in [6.45, 7) is 10.7. The number of para-hydroxylation sites is 1. The smallest absolute Gasteiger partial charge is 0.262 e. The second-order valence-corrected chi connectivity index (χ2v) is 10.5. The highest BCUT2D eigenvalue weighted by molar-refractivity contribution is 7.18. The van der Waals surface area contributed by atoms with E-state index in [2.05, 4.69) is 57.1 Å². The molecule has 1 amide bonds. The summed E-state index contributed by atoms with van der Waals surface area (Å²) in [4.78, 5) is 32.8. The SMILES string of the molecule is CC(C)c1cccc(C(C)C)c1NC(=O)Cn1cnc2sc3c(c2c1=O)CC[C@H](C)C3. The fourth-order valence-electron chi connectivity index (χ4n) is 4.51. The van der Waals surface area contributed by atoms with Gasteiger partial charge in [-0.2, -0.15) is 0 Å². The molecular formula is C25H31N3O2S. The molecule has 0 saturated carbocycles. The number of aromatic nitrogens is 2. The number of rotatable bonds is 5. The van der Waals surface area contributed by atoms with E-state index in [1.165, 1.54) is 15.8 Å². The highest BCUT2D eigenvalue weighted by Crippen LogP contribution is 2.35. The van der Waals surface area contributed by atoms with Gasteiger partial charge in [0.1, 0.15) is 11.4 Å². The fourth-order valence-corrected chi connectivity index (χ4v) is 5.85. The Morgan fingerprint density at radius 3 is 2.55 bits per heavy atom. The second-order valence-electron chi connectivity index (χ2n) is 9.38. The van der Waals surface area contributed by atoms with E-state index >= 15 is 0 Å². The van der Waals surface area contributed by atoms with Crippen LogP contribution in [0.1, 0.15) is 74.4 Å². The maximum Gasteiger partial charge on any atom is 0.262 e. The monoisotopic (exact) mass is 437 g/mol. The molecule has 0 unspecified atom stereocenters. The Bertz CT molecular complexity index is 1160. The number of thiophene rings is 1. The summed E-state index contributed by atoms with van der Waals surface area (Å²) < 4.78 is 1.45. The molecule has 0 saturated heterocycles. The van der Waals surface area contributed by atoms with Gasteiger partial charge in [-0.1, -0.05) is 52.8 Å². The van der Waals surface area contributed by atoms with E-state index in [1.54, 1.807) is 11.3 Å². The largest absolute Gasteiger partial charge is 0.324 e. The summed E-state index contributed by atoms with van der Waals surface area (Å²) >= 11 is 1.63. The van der Waals surface area contributed by atoms with Crippen LogP contribution in [-0.2, 0) is 24.2 Å². The summed E-state index contributed by atoms with van der Waals surface area (Å²) in [5.41, 5.74) is 4.15. The van der Waals surface area contributed by atoms with Crippen LogP contribution in [0.2, 0.25) is 0 Å². The Labute approximate surface area is 187 Å². The van der Waals surface area contributed by atoms with Gasteiger partial charge in [-0.3, -0.25) is 14.2 Å². The molecular weight excluding hydrogens is 406 g/mol. The maximum absolute atomic E-state index is 13.2. The van der Waals surface area contributed by atoms with E-state index in [1.807, 2.05) is 6.07 Å². The minimum atomic E-state index is -0.198. The summed E-state index contributed by atoms with van der Waals surface area (Å²) in [5.74, 6) is 1.02. The summed E-state index contributed by atoms with van der Waals surface area (Å²) in [6, 6.07) is 6.17. The number of anilines is 1. The van der Waals surface area contributed by atoms with Gasteiger partial charge in [-0.15, -0.1) is 11.3 Å². The number of hydrogen-bond acceptors (Lipinski definition) is 4. The van der Waals surface area contributed by atoms with Crippen molar-refractivity contribution in [3.63, 3.8) is 0 Å². The van der Waals surface area contributed by atoms with Gasteiger partial charge in [0, 0.05) is 10.6 Å². The average Bonchev–Trinajstić information content (AvgIpc) is 3.08. The van der Waals surface area contributed by atoms with Crippen LogP contribution < -0.4 is 10.9 Å². The predicted molar refractivity (Wildman–Crippen MR) is 128 cm³/mol. The number of nitrogens with zero attached hydrogens (tertiary/aromatic N) is 2. The van der Waals surface area contributed by atoms with E-state index in [-0.39, 0.29) is 29.8 Å². The van der Waals surface area contributed by atoms with Gasteiger partial charge in [0.25, 0.3) is 5.56 Å². The molecule has 0 spiro atoms. The summed E-state index contributed by atoms with van der Waals surface area (Å²) in [7, 11) is 0. The third-order valence-electron chi connectivity index (χ3n) is 6.23. The van der Waals surface area contributed by atoms with Gasteiger partial charge in [0.05, 0.1) is 11.7 Å². The van der Waals surface area contributed by atoms with Crippen LogP contribution in [0.5, 0.6) is 0 Å². The first-order valence-electron chi connectivity index (χ1n) is 11.2. The summed E-state index contributed by atoms with van der Waals surface area (Å²) in [6.07, 6.45) is 4.55. The lowest BCUT2D eigenvalue weighted by atomic mass is 9.89. The Kier molecular flexibility index (Phi) is 6.02. The number of fused-ring (bicyclic) bond motifs is 3. The van der Waals surface area contributed by atoms with Crippen LogP contribution in [0.15, 0.2) is 29.3 Å². The van der Waals surface area contributed by atoms with Crippen LogP contribution in [0, 0.1) is 5.92 Å². The zero-order valence-corrected chi connectivity index (χ0v) is 19.8. The van der Waals surface area contributed by atoms with Crippen LogP contribution >= 0.6 is 11.3 Å². The van der Waals surface area contributed by atoms with Gasteiger partial charge in [-0.25, -0.2) is 4.98 Å². The Balaban J connectivity index is 1.65. The average molecular weight is 438 g/mol. The van der Waals surface area contributed by atoms with Gasteiger partial charge < -0.3 is 5.32 Å². The second kappa shape index (κ2) is 8.58. The molecule has 1 aliphatic carbocycles. The van der Waals surface area contributed by atoms with E-state index < -0.39 is 0 Å². The zero-order valence-electron chi connectivity index (χ0n) is 19.0. The third-order valence-corrected chi connectivity index (χ3v) is 7.40. The van der Waals surface area contributed by atoms with Crippen molar-refractivity contribution in [3.05, 3.63) is 56.4 Å². The van der Waals surface area contributed by atoms with Gasteiger partial charge >= 0.3 is 0 Å². The maximum atomic E-state index is 13.2. The molecule has 164 valence electrons. The number of benzene rings is 1. The lowest BCUT2D eigenvalue weighted by molar-refractivity contribution is -0.116. The zero-order chi connectivity index (χ0) is 22.3. The molecule has 0 aliphatic heterocycles. The Morgan fingerprint density at radius 1 is 1.23 bits per heavy atom. The van der Waals surface area contributed by atoms with Crippen molar-refractivity contribution in [2.24, 2.45) is 5.92 Å². The molecule has 31 heavy (non-hydrogen) atoms. The topological polar surface area (TPSA) is 64.0 Å². The first-order valence-corrected chi connectivity index (χ1v) is 12.0. The summed E-state index contributed by atoms with van der Waals surface area (Å²) in [5, 5.41) is 3.82. The van der Waals surface area contributed by atoms with E-state index in [4.69, 9.17) is 0 Å². The first kappa shape index (κ1) is 21.8. The molecule has 1 N–H and O–H groups in total. The first-order chi connectivity index (χ1) is 14.8. The molecule has 6 heteroatoms. The Morgan fingerprint density at radius 2 is 1.90 bits per heavy atom. The van der Waals surface area contributed by atoms with Crippen LogP contribution in [-0.4, -0.2) is 15.5 Å². The van der Waals surface area contributed by atoms with Crippen molar-refractivity contribution in [1.82, 2.24) is 9.55 Å². The highest BCUT2D eigenvalue weighted by atomic mass is 32.1. The van der Waals surface area contributed by atoms with Crippen molar-refractivity contribution in [3.8, 4) is 0 Å². The lowest BCUT2D eigenvalue weighted by Gasteiger charge is -2.20. The van der Waals surface area contributed by atoms with Gasteiger partial charge in [0.2, 0.25) is 5.91 Å². The number of hydrogen-bond donors (Lipinski definition) is 1. The van der Waals surface area contributed by atoms with Gasteiger partial charge in [0.15, 0.2) is 0 Å².